The lowest BCUT2D eigenvalue weighted by atomic mass is 10.2. The molecule has 1 rings (SSSR count). The number of hydrogen-bond acceptors (Lipinski definition) is 8. The molecular formula is C11H23N7O. The number of ether oxygens (including phenoxy) is 1. The molecule has 0 radical (unpaired) electrons. The molecule has 8 nitrogen and oxygen atoms in total. The van der Waals surface area contributed by atoms with Crippen molar-refractivity contribution >= 4 is 11.9 Å². The van der Waals surface area contributed by atoms with Gasteiger partial charge in [-0.25, -0.2) is 5.84 Å². The topological polar surface area (TPSA) is 101 Å². The average Bonchev–Trinajstić information content (AvgIpc) is 2.45. The van der Waals surface area contributed by atoms with Crippen LogP contribution in [0.1, 0.15) is 20.3 Å². The molecule has 0 aliphatic carbocycles. The van der Waals surface area contributed by atoms with Gasteiger partial charge >= 0.3 is 6.01 Å². The van der Waals surface area contributed by atoms with E-state index in [-0.39, 0.29) is 12.0 Å². The molecule has 0 saturated heterocycles. The molecule has 4 N–H and O–H groups in total. The fourth-order valence-electron chi connectivity index (χ4n) is 1.47. The first-order valence-electron chi connectivity index (χ1n) is 6.31. The van der Waals surface area contributed by atoms with E-state index in [0.29, 0.717) is 12.0 Å². The summed E-state index contributed by atoms with van der Waals surface area (Å²) in [4.78, 5) is 14.4. The number of hydrazine groups is 1. The molecule has 1 aromatic heterocycles. The summed E-state index contributed by atoms with van der Waals surface area (Å²) in [7, 11) is 3.59. The van der Waals surface area contributed by atoms with E-state index < -0.39 is 0 Å². The summed E-state index contributed by atoms with van der Waals surface area (Å²) in [6, 6.07) is 0.775. The standard InChI is InChI=1S/C11H23N7O/c1-5-8(2)18(3)7-6-13-9-14-10(17-12)16-11(15-9)19-4/h8H,5-7,12H2,1-4H3,(H2,13,14,15,16,17). The molecule has 0 aliphatic heterocycles. The van der Waals surface area contributed by atoms with Crippen molar-refractivity contribution in [2.24, 2.45) is 5.84 Å². The highest BCUT2D eigenvalue weighted by atomic mass is 16.5. The van der Waals surface area contributed by atoms with Crippen molar-refractivity contribution < 1.29 is 4.74 Å². The van der Waals surface area contributed by atoms with Crippen molar-refractivity contribution in [2.75, 3.05) is 38.0 Å². The molecule has 1 aromatic rings. The quantitative estimate of drug-likeness (QED) is 0.458. The van der Waals surface area contributed by atoms with Gasteiger partial charge in [-0.2, -0.15) is 15.0 Å². The Labute approximate surface area is 113 Å². The van der Waals surface area contributed by atoms with Gasteiger partial charge in [0.25, 0.3) is 0 Å². The number of methoxy groups -OCH3 is 1. The van der Waals surface area contributed by atoms with Crippen molar-refractivity contribution in [2.45, 2.75) is 26.3 Å². The molecule has 0 bridgehead atoms. The number of nitrogens with one attached hydrogen (secondary N) is 2. The predicted octanol–water partition coefficient (Wildman–Crippen LogP) is 0.308. The molecule has 0 spiro atoms. The first-order chi connectivity index (χ1) is 9.10. The van der Waals surface area contributed by atoms with Crippen LogP contribution < -0.4 is 21.3 Å². The van der Waals surface area contributed by atoms with E-state index >= 15 is 0 Å². The second kappa shape index (κ2) is 7.70. The number of likely N-dealkylation sites (N-methyl/N-ethyl adjacent to an activating group) is 1. The smallest absolute Gasteiger partial charge is 0.322 e. The third-order valence-electron chi connectivity index (χ3n) is 3.02. The molecule has 0 saturated carbocycles. The highest BCUT2D eigenvalue weighted by Crippen LogP contribution is 2.09. The van der Waals surface area contributed by atoms with Crippen molar-refractivity contribution in [3.05, 3.63) is 0 Å². The van der Waals surface area contributed by atoms with Crippen LogP contribution in [-0.4, -0.2) is 53.1 Å². The second-order valence-electron chi connectivity index (χ2n) is 4.28. The van der Waals surface area contributed by atoms with Crippen LogP contribution in [0.5, 0.6) is 6.01 Å². The maximum atomic E-state index is 5.28. The third kappa shape index (κ3) is 4.84. The maximum Gasteiger partial charge on any atom is 0.322 e. The van der Waals surface area contributed by atoms with Gasteiger partial charge in [0.1, 0.15) is 0 Å². The monoisotopic (exact) mass is 269 g/mol. The van der Waals surface area contributed by atoms with E-state index in [2.05, 4.69) is 51.5 Å². The number of hydrogen-bond donors (Lipinski definition) is 3. The number of nitrogens with two attached hydrogens (primary N) is 1. The summed E-state index contributed by atoms with van der Waals surface area (Å²) in [6.45, 7) is 6.00. The normalized spacial score (nSPS) is 12.3. The lowest BCUT2D eigenvalue weighted by Crippen LogP contribution is -2.33. The number of aromatic nitrogens is 3. The highest BCUT2D eigenvalue weighted by Gasteiger charge is 2.08. The summed E-state index contributed by atoms with van der Waals surface area (Å²) in [5, 5.41) is 3.12. The Morgan fingerprint density at radius 1 is 1.32 bits per heavy atom. The molecule has 0 aliphatic rings. The van der Waals surface area contributed by atoms with E-state index in [4.69, 9.17) is 10.6 Å². The van der Waals surface area contributed by atoms with Gasteiger partial charge in [0.15, 0.2) is 0 Å². The lowest BCUT2D eigenvalue weighted by Gasteiger charge is -2.23. The van der Waals surface area contributed by atoms with Crippen LogP contribution in [0.2, 0.25) is 0 Å². The zero-order chi connectivity index (χ0) is 14.3. The molecule has 0 amide bonds. The van der Waals surface area contributed by atoms with Gasteiger partial charge in [-0.15, -0.1) is 0 Å². The van der Waals surface area contributed by atoms with E-state index in [1.165, 1.54) is 7.11 Å². The van der Waals surface area contributed by atoms with Crippen LogP contribution in [-0.2, 0) is 0 Å². The number of nitrogen functional groups attached to an aromatic ring is 1. The molecule has 108 valence electrons. The maximum absolute atomic E-state index is 5.28. The van der Waals surface area contributed by atoms with Gasteiger partial charge in [-0.3, -0.25) is 5.43 Å². The molecule has 1 atom stereocenters. The Bertz CT molecular complexity index is 365. The van der Waals surface area contributed by atoms with Crippen LogP contribution >= 0.6 is 0 Å². The Morgan fingerprint density at radius 2 is 2.00 bits per heavy atom. The fraction of sp³-hybridized carbons (Fsp3) is 0.727. The van der Waals surface area contributed by atoms with Gasteiger partial charge in [-0.05, 0) is 20.4 Å². The molecule has 0 fully saturated rings. The SMILES string of the molecule is CCC(C)N(C)CCNc1nc(NN)nc(OC)n1. The van der Waals surface area contributed by atoms with Crippen LogP contribution in [0, 0.1) is 0 Å². The number of anilines is 2. The van der Waals surface area contributed by atoms with Crippen molar-refractivity contribution in [3.8, 4) is 6.01 Å². The Balaban J connectivity index is 2.53. The molecule has 1 heterocycles. The summed E-state index contributed by atoms with van der Waals surface area (Å²) in [6.07, 6.45) is 1.12. The molecule has 1 unspecified atom stereocenters. The first kappa shape index (κ1) is 15.4. The minimum Gasteiger partial charge on any atom is -0.467 e. The molecule has 8 heteroatoms. The summed E-state index contributed by atoms with van der Waals surface area (Å²) in [5.74, 6) is 5.99. The van der Waals surface area contributed by atoms with Gasteiger partial charge in [0, 0.05) is 19.1 Å². The van der Waals surface area contributed by atoms with E-state index in [1.54, 1.807) is 0 Å². The van der Waals surface area contributed by atoms with Crippen molar-refractivity contribution in [1.82, 2.24) is 19.9 Å². The summed E-state index contributed by atoms with van der Waals surface area (Å²) < 4.78 is 4.97. The van der Waals surface area contributed by atoms with Crippen molar-refractivity contribution in [3.63, 3.8) is 0 Å². The lowest BCUT2D eigenvalue weighted by molar-refractivity contribution is 0.261. The second-order valence-corrected chi connectivity index (χ2v) is 4.28. The Morgan fingerprint density at radius 3 is 2.58 bits per heavy atom. The first-order valence-corrected chi connectivity index (χ1v) is 6.31. The number of nitrogens with zero attached hydrogens (tertiary/aromatic N) is 4. The van der Waals surface area contributed by atoms with E-state index in [1.807, 2.05) is 0 Å². The summed E-state index contributed by atoms with van der Waals surface area (Å²) >= 11 is 0. The molecule has 0 aromatic carbocycles. The largest absolute Gasteiger partial charge is 0.467 e. The fourth-order valence-corrected chi connectivity index (χ4v) is 1.47. The Hall–Kier alpha value is -1.67. The minimum atomic E-state index is 0.223. The van der Waals surface area contributed by atoms with Crippen molar-refractivity contribution in [1.29, 1.82) is 0 Å². The zero-order valence-corrected chi connectivity index (χ0v) is 12.0. The minimum absolute atomic E-state index is 0.223. The van der Waals surface area contributed by atoms with E-state index in [0.717, 1.165) is 19.5 Å². The summed E-state index contributed by atoms with van der Waals surface area (Å²) in [5.41, 5.74) is 2.38. The highest BCUT2D eigenvalue weighted by molar-refractivity contribution is 5.34. The Kier molecular flexibility index (Phi) is 6.23. The van der Waals surface area contributed by atoms with Crippen LogP contribution in [0.4, 0.5) is 11.9 Å². The van der Waals surface area contributed by atoms with Crippen LogP contribution in [0.15, 0.2) is 0 Å². The van der Waals surface area contributed by atoms with E-state index in [9.17, 15) is 0 Å². The van der Waals surface area contributed by atoms with Gasteiger partial charge in [0.2, 0.25) is 11.9 Å². The van der Waals surface area contributed by atoms with Crippen LogP contribution in [0.3, 0.4) is 0 Å². The van der Waals surface area contributed by atoms with Gasteiger partial charge in [0.05, 0.1) is 7.11 Å². The molecular weight excluding hydrogens is 246 g/mol. The van der Waals surface area contributed by atoms with Crippen LogP contribution in [0.25, 0.3) is 0 Å². The average molecular weight is 269 g/mol. The third-order valence-corrected chi connectivity index (χ3v) is 3.02. The van der Waals surface area contributed by atoms with Gasteiger partial charge < -0.3 is 15.0 Å². The zero-order valence-electron chi connectivity index (χ0n) is 12.0. The molecule has 19 heavy (non-hydrogen) atoms. The predicted molar refractivity (Wildman–Crippen MR) is 75.1 cm³/mol. The van der Waals surface area contributed by atoms with Gasteiger partial charge in [-0.1, -0.05) is 6.92 Å². The number of rotatable bonds is 8.